The van der Waals surface area contributed by atoms with Gasteiger partial charge < -0.3 is 14.4 Å². The van der Waals surface area contributed by atoms with Gasteiger partial charge in [0, 0.05) is 18.3 Å². The van der Waals surface area contributed by atoms with Crippen LogP contribution in [0, 0.1) is 0 Å². The normalized spacial score (nSPS) is 12.4. The smallest absolute Gasteiger partial charge is 0.258 e. The Morgan fingerprint density at radius 2 is 1.83 bits per heavy atom. The molecule has 0 aliphatic carbocycles. The van der Waals surface area contributed by atoms with E-state index in [2.05, 4.69) is 0 Å². The van der Waals surface area contributed by atoms with E-state index in [1.807, 2.05) is 42.5 Å². The number of hydrogen-bond donors (Lipinski definition) is 0. The molecule has 5 heteroatoms. The number of fused-ring (bicyclic) bond motifs is 2. The number of rotatable bonds is 2. The zero-order valence-corrected chi connectivity index (χ0v) is 13.7. The lowest BCUT2D eigenvalue weighted by molar-refractivity contribution is 0.0992. The molecule has 0 radical (unpaired) electrons. The molecule has 4 nitrogen and oxygen atoms in total. The number of carbonyl (C=O) groups is 1. The van der Waals surface area contributed by atoms with Crippen LogP contribution < -0.4 is 14.4 Å². The van der Waals surface area contributed by atoms with E-state index in [1.165, 1.54) is 0 Å². The molecule has 120 valence electrons. The van der Waals surface area contributed by atoms with E-state index in [0.29, 0.717) is 22.1 Å². The summed E-state index contributed by atoms with van der Waals surface area (Å²) >= 11 is 6.17. The fourth-order valence-corrected chi connectivity index (χ4v) is 3.05. The fourth-order valence-electron chi connectivity index (χ4n) is 2.79. The van der Waals surface area contributed by atoms with E-state index in [-0.39, 0.29) is 12.7 Å². The van der Waals surface area contributed by atoms with Crippen LogP contribution in [0.25, 0.3) is 10.8 Å². The Kier molecular flexibility index (Phi) is 3.54. The fraction of sp³-hybridized carbons (Fsp3) is 0.105. The Morgan fingerprint density at radius 1 is 1.04 bits per heavy atom. The minimum absolute atomic E-state index is 0.118. The van der Waals surface area contributed by atoms with Gasteiger partial charge in [-0.3, -0.25) is 4.79 Å². The average Bonchev–Trinajstić information content (AvgIpc) is 3.09. The maximum atomic E-state index is 12.8. The third kappa shape index (κ3) is 2.45. The summed E-state index contributed by atoms with van der Waals surface area (Å²) in [5.74, 6) is 0.824. The summed E-state index contributed by atoms with van der Waals surface area (Å²) in [6.45, 7) is 0.118. The summed E-state index contributed by atoms with van der Waals surface area (Å²) in [6.07, 6.45) is 0. The summed E-state index contributed by atoms with van der Waals surface area (Å²) in [5, 5.41) is 2.59. The Balaban J connectivity index is 1.69. The summed E-state index contributed by atoms with van der Waals surface area (Å²) in [5.41, 5.74) is 1.27. The predicted octanol–water partition coefficient (Wildman–Crippen LogP) is 4.50. The molecule has 0 bridgehead atoms. The van der Waals surface area contributed by atoms with Crippen molar-refractivity contribution in [3.63, 3.8) is 0 Å². The highest BCUT2D eigenvalue weighted by Gasteiger charge is 2.22. The number of carbonyl (C=O) groups excluding carboxylic acids is 1. The Morgan fingerprint density at radius 3 is 2.67 bits per heavy atom. The molecular formula is C19H14ClNO3. The standard InChI is InChI=1S/C19H14ClNO3/c1-21(15-7-6-12-4-2-3-5-13(12)8-15)19(22)14-9-16(20)18-17(10-14)23-11-24-18/h2-10H,11H2,1H3. The van der Waals surface area contributed by atoms with Crippen molar-refractivity contribution in [2.24, 2.45) is 0 Å². The zero-order chi connectivity index (χ0) is 16.7. The van der Waals surface area contributed by atoms with Crippen molar-refractivity contribution in [1.82, 2.24) is 0 Å². The second-order valence-corrected chi connectivity index (χ2v) is 5.99. The largest absolute Gasteiger partial charge is 0.454 e. The number of halogens is 1. The second kappa shape index (κ2) is 5.73. The first-order valence-corrected chi connectivity index (χ1v) is 7.87. The highest BCUT2D eigenvalue weighted by Crippen LogP contribution is 2.40. The number of amides is 1. The molecule has 3 aromatic rings. The Labute approximate surface area is 144 Å². The van der Waals surface area contributed by atoms with Gasteiger partial charge in [-0.05, 0) is 35.0 Å². The van der Waals surface area contributed by atoms with Gasteiger partial charge in [0.15, 0.2) is 11.5 Å². The third-order valence-electron chi connectivity index (χ3n) is 4.10. The number of ether oxygens (including phenoxy) is 2. The molecule has 1 amide bonds. The van der Waals surface area contributed by atoms with Crippen LogP contribution in [-0.4, -0.2) is 19.7 Å². The summed E-state index contributed by atoms with van der Waals surface area (Å²) in [6, 6.07) is 17.2. The quantitative estimate of drug-likeness (QED) is 0.690. The van der Waals surface area contributed by atoms with Crippen LogP contribution in [0.4, 0.5) is 5.69 Å². The van der Waals surface area contributed by atoms with E-state index >= 15 is 0 Å². The average molecular weight is 340 g/mol. The number of hydrogen-bond acceptors (Lipinski definition) is 3. The van der Waals surface area contributed by atoms with Crippen molar-refractivity contribution >= 4 is 34.0 Å². The van der Waals surface area contributed by atoms with E-state index in [4.69, 9.17) is 21.1 Å². The molecule has 0 saturated carbocycles. The Hall–Kier alpha value is -2.72. The van der Waals surface area contributed by atoms with Gasteiger partial charge in [-0.1, -0.05) is 41.9 Å². The van der Waals surface area contributed by atoms with Crippen molar-refractivity contribution in [2.75, 3.05) is 18.7 Å². The van der Waals surface area contributed by atoms with Crippen molar-refractivity contribution in [3.05, 3.63) is 65.2 Å². The maximum absolute atomic E-state index is 12.8. The van der Waals surface area contributed by atoms with Crippen LogP contribution in [0.5, 0.6) is 11.5 Å². The maximum Gasteiger partial charge on any atom is 0.258 e. The molecule has 1 heterocycles. The molecule has 3 aromatic carbocycles. The minimum Gasteiger partial charge on any atom is -0.454 e. The minimum atomic E-state index is -0.162. The predicted molar refractivity (Wildman–Crippen MR) is 94.3 cm³/mol. The number of benzene rings is 3. The van der Waals surface area contributed by atoms with E-state index in [1.54, 1.807) is 24.1 Å². The topological polar surface area (TPSA) is 38.8 Å². The SMILES string of the molecule is CN(C(=O)c1cc(Cl)c2c(c1)OCO2)c1ccc2ccccc2c1. The van der Waals surface area contributed by atoms with Crippen LogP contribution >= 0.6 is 11.6 Å². The first-order chi connectivity index (χ1) is 11.6. The van der Waals surface area contributed by atoms with Crippen LogP contribution in [0.3, 0.4) is 0 Å². The zero-order valence-electron chi connectivity index (χ0n) is 13.0. The molecule has 0 atom stereocenters. The highest BCUT2D eigenvalue weighted by atomic mass is 35.5. The summed E-state index contributed by atoms with van der Waals surface area (Å²) in [7, 11) is 1.74. The molecule has 0 saturated heterocycles. The van der Waals surface area contributed by atoms with Crippen molar-refractivity contribution in [3.8, 4) is 11.5 Å². The van der Waals surface area contributed by atoms with E-state index in [9.17, 15) is 4.79 Å². The van der Waals surface area contributed by atoms with E-state index in [0.717, 1.165) is 16.5 Å². The van der Waals surface area contributed by atoms with Gasteiger partial charge in [-0.25, -0.2) is 0 Å². The lowest BCUT2D eigenvalue weighted by Gasteiger charge is -2.18. The van der Waals surface area contributed by atoms with Gasteiger partial charge in [-0.15, -0.1) is 0 Å². The monoisotopic (exact) mass is 339 g/mol. The van der Waals surface area contributed by atoms with Gasteiger partial charge in [0.1, 0.15) is 0 Å². The number of anilines is 1. The highest BCUT2D eigenvalue weighted by molar-refractivity contribution is 6.33. The van der Waals surface area contributed by atoms with E-state index < -0.39 is 0 Å². The lowest BCUT2D eigenvalue weighted by atomic mass is 10.1. The molecule has 0 aromatic heterocycles. The Bertz CT molecular complexity index is 954. The molecule has 24 heavy (non-hydrogen) atoms. The van der Waals surface area contributed by atoms with Crippen molar-refractivity contribution in [1.29, 1.82) is 0 Å². The molecule has 0 fully saturated rings. The van der Waals surface area contributed by atoms with Crippen LogP contribution in [0.2, 0.25) is 5.02 Å². The summed E-state index contributed by atoms with van der Waals surface area (Å²) < 4.78 is 10.6. The van der Waals surface area contributed by atoms with Crippen LogP contribution in [-0.2, 0) is 0 Å². The van der Waals surface area contributed by atoms with Crippen LogP contribution in [0.15, 0.2) is 54.6 Å². The molecule has 1 aliphatic rings. The summed E-state index contributed by atoms with van der Waals surface area (Å²) in [4.78, 5) is 14.4. The van der Waals surface area contributed by atoms with Crippen LogP contribution in [0.1, 0.15) is 10.4 Å². The molecule has 0 unspecified atom stereocenters. The lowest BCUT2D eigenvalue weighted by Crippen LogP contribution is -2.26. The third-order valence-corrected chi connectivity index (χ3v) is 4.38. The molecule has 0 N–H and O–H groups in total. The van der Waals surface area contributed by atoms with Gasteiger partial charge in [-0.2, -0.15) is 0 Å². The van der Waals surface area contributed by atoms with Crippen molar-refractivity contribution < 1.29 is 14.3 Å². The van der Waals surface area contributed by atoms with Gasteiger partial charge in [0.25, 0.3) is 5.91 Å². The molecule has 0 spiro atoms. The molecule has 1 aliphatic heterocycles. The van der Waals surface area contributed by atoms with Gasteiger partial charge in [0.2, 0.25) is 6.79 Å². The number of nitrogens with zero attached hydrogens (tertiary/aromatic N) is 1. The second-order valence-electron chi connectivity index (χ2n) is 5.59. The first-order valence-electron chi connectivity index (χ1n) is 7.49. The first kappa shape index (κ1) is 14.8. The molecular weight excluding hydrogens is 326 g/mol. The van der Waals surface area contributed by atoms with Gasteiger partial charge >= 0.3 is 0 Å². The van der Waals surface area contributed by atoms with Crippen molar-refractivity contribution in [2.45, 2.75) is 0 Å². The molecule has 4 rings (SSSR count). The van der Waals surface area contributed by atoms with Gasteiger partial charge in [0.05, 0.1) is 5.02 Å².